The molecule has 3 aromatic rings. The summed E-state index contributed by atoms with van der Waals surface area (Å²) < 4.78 is 3.32. The molecule has 0 aliphatic rings. The molecule has 7 heteroatoms. The second-order valence-electron chi connectivity index (χ2n) is 7.86. The zero-order chi connectivity index (χ0) is 23.3. The summed E-state index contributed by atoms with van der Waals surface area (Å²) in [5.74, 6) is -0.361. The minimum Gasteiger partial charge on any atom is -0.396 e. The predicted molar refractivity (Wildman–Crippen MR) is 125 cm³/mol. The van der Waals surface area contributed by atoms with E-state index in [9.17, 15) is 14.4 Å². The zero-order valence-corrected chi connectivity index (χ0v) is 19.0. The van der Waals surface area contributed by atoms with E-state index in [0.29, 0.717) is 60.0 Å². The maximum absolute atomic E-state index is 13.6. The Bertz CT molecular complexity index is 1180. The van der Waals surface area contributed by atoms with Crippen molar-refractivity contribution in [2.24, 2.45) is 7.05 Å². The lowest BCUT2D eigenvalue weighted by molar-refractivity contribution is 0.0941. The van der Waals surface area contributed by atoms with Gasteiger partial charge in [0.15, 0.2) is 5.78 Å². The Hall–Kier alpha value is -3.19. The average molecular weight is 438 g/mol. The van der Waals surface area contributed by atoms with E-state index in [-0.39, 0.29) is 30.4 Å². The van der Waals surface area contributed by atoms with Crippen LogP contribution in [0.25, 0.3) is 10.9 Å². The molecule has 0 fully saturated rings. The summed E-state index contributed by atoms with van der Waals surface area (Å²) in [6, 6.07) is 10.9. The maximum atomic E-state index is 13.6. The fourth-order valence-corrected chi connectivity index (χ4v) is 4.15. The topological polar surface area (TPSA) is 93.3 Å². The van der Waals surface area contributed by atoms with Crippen LogP contribution in [0, 0.1) is 0 Å². The van der Waals surface area contributed by atoms with Crippen LogP contribution in [-0.2, 0) is 26.4 Å². The highest BCUT2D eigenvalue weighted by molar-refractivity contribution is 6.02. The molecule has 0 unspecified atom stereocenters. The van der Waals surface area contributed by atoms with E-state index in [2.05, 4.69) is 5.32 Å². The monoisotopic (exact) mass is 437 g/mol. The molecular weight excluding hydrogens is 406 g/mol. The van der Waals surface area contributed by atoms with Crippen LogP contribution in [0.5, 0.6) is 0 Å². The molecule has 0 radical (unpaired) electrons. The number of hydrogen-bond acceptors (Lipinski definition) is 4. The Kier molecular flexibility index (Phi) is 7.64. The third kappa shape index (κ3) is 4.53. The molecule has 32 heavy (non-hydrogen) atoms. The van der Waals surface area contributed by atoms with Gasteiger partial charge in [-0.25, -0.2) is 0 Å². The Morgan fingerprint density at radius 3 is 2.41 bits per heavy atom. The van der Waals surface area contributed by atoms with E-state index in [1.807, 2.05) is 26.0 Å². The summed E-state index contributed by atoms with van der Waals surface area (Å²) >= 11 is 0. The summed E-state index contributed by atoms with van der Waals surface area (Å²) in [5, 5.41) is 12.3. The maximum Gasteiger partial charge on any atom is 0.268 e. The molecule has 3 rings (SSSR count). The molecule has 0 saturated heterocycles. The first-order chi connectivity index (χ1) is 15.4. The van der Waals surface area contributed by atoms with E-state index in [1.54, 1.807) is 40.4 Å². The van der Waals surface area contributed by atoms with Crippen molar-refractivity contribution in [2.75, 3.05) is 13.2 Å². The lowest BCUT2D eigenvalue weighted by Crippen LogP contribution is -2.28. The van der Waals surface area contributed by atoms with Crippen molar-refractivity contribution in [1.82, 2.24) is 14.5 Å². The number of carbonyl (C=O) groups excluding carboxylic acids is 2. The van der Waals surface area contributed by atoms with Gasteiger partial charge < -0.3 is 19.6 Å². The highest BCUT2D eigenvalue weighted by atomic mass is 16.3. The Balaban J connectivity index is 2.08. The second kappa shape index (κ2) is 10.4. The molecule has 1 amide bonds. The van der Waals surface area contributed by atoms with Crippen LogP contribution < -0.4 is 10.9 Å². The van der Waals surface area contributed by atoms with Crippen LogP contribution in [-0.4, -0.2) is 39.1 Å². The molecule has 0 aliphatic carbocycles. The molecular formula is C25H31N3O4. The number of ketones is 1. The number of nitrogens with one attached hydrogen (secondary N) is 1. The van der Waals surface area contributed by atoms with E-state index < -0.39 is 0 Å². The highest BCUT2D eigenvalue weighted by Gasteiger charge is 2.24. The van der Waals surface area contributed by atoms with Crippen LogP contribution in [0.2, 0.25) is 0 Å². The Labute approximate surface area is 187 Å². The van der Waals surface area contributed by atoms with Crippen molar-refractivity contribution in [3.63, 3.8) is 0 Å². The fourth-order valence-electron chi connectivity index (χ4n) is 4.15. The lowest BCUT2D eigenvalue weighted by Gasteiger charge is -2.12. The zero-order valence-electron chi connectivity index (χ0n) is 19.0. The average Bonchev–Trinajstić information content (AvgIpc) is 3.10. The Morgan fingerprint density at radius 1 is 1.06 bits per heavy atom. The third-order valence-corrected chi connectivity index (χ3v) is 5.85. The number of benzene rings is 1. The summed E-state index contributed by atoms with van der Waals surface area (Å²) in [7, 11) is 1.79. The largest absolute Gasteiger partial charge is 0.396 e. The number of Topliss-reactive ketones (excluding diaryl/α,β-unsaturated/α-hetero) is 1. The lowest BCUT2D eigenvalue weighted by atomic mass is 10.1. The summed E-state index contributed by atoms with van der Waals surface area (Å²) in [4.78, 5) is 39.3. The van der Waals surface area contributed by atoms with Crippen LogP contribution in [0.3, 0.4) is 0 Å². The number of aryl methyl sites for hydroxylation is 3. The molecule has 2 aromatic heterocycles. The van der Waals surface area contributed by atoms with Crippen LogP contribution in [0.4, 0.5) is 0 Å². The van der Waals surface area contributed by atoms with Crippen molar-refractivity contribution in [2.45, 2.75) is 46.1 Å². The van der Waals surface area contributed by atoms with Gasteiger partial charge in [0.25, 0.3) is 11.5 Å². The van der Waals surface area contributed by atoms with Gasteiger partial charge in [0.2, 0.25) is 0 Å². The van der Waals surface area contributed by atoms with Gasteiger partial charge in [0.05, 0.1) is 17.4 Å². The molecule has 0 spiro atoms. The highest BCUT2D eigenvalue weighted by Crippen LogP contribution is 2.25. The van der Waals surface area contributed by atoms with Gasteiger partial charge in [-0.15, -0.1) is 0 Å². The minimum atomic E-state index is -0.240. The van der Waals surface area contributed by atoms with E-state index in [4.69, 9.17) is 5.11 Å². The molecule has 7 nitrogen and oxygen atoms in total. The van der Waals surface area contributed by atoms with Gasteiger partial charge in [-0.05, 0) is 37.3 Å². The molecule has 1 aromatic carbocycles. The Morgan fingerprint density at radius 2 is 1.78 bits per heavy atom. The van der Waals surface area contributed by atoms with Gasteiger partial charge in [0.1, 0.15) is 5.69 Å². The van der Waals surface area contributed by atoms with Crippen LogP contribution >= 0.6 is 0 Å². The number of carbonyl (C=O) groups is 2. The molecule has 0 aliphatic heterocycles. The standard InChI is InChI=1S/C25H31N3O4/c1-4-18-15-20-22(25(32)28(18)16-21(30)17-11-7-6-8-12-17)19(5-2)23(27(20)3)24(31)26-13-9-10-14-29/h6-8,11-12,15,29H,4-5,9-10,13-14,16H2,1-3H3,(H,26,31). The summed E-state index contributed by atoms with van der Waals surface area (Å²) in [5.41, 5.74) is 2.94. The first-order valence-electron chi connectivity index (χ1n) is 11.2. The van der Waals surface area contributed by atoms with Crippen molar-refractivity contribution < 1.29 is 14.7 Å². The van der Waals surface area contributed by atoms with Gasteiger partial charge in [-0.3, -0.25) is 14.4 Å². The van der Waals surface area contributed by atoms with E-state index >= 15 is 0 Å². The molecule has 0 saturated carbocycles. The van der Waals surface area contributed by atoms with Gasteiger partial charge >= 0.3 is 0 Å². The number of hydrogen-bond donors (Lipinski definition) is 2. The molecule has 0 bridgehead atoms. The molecule has 2 heterocycles. The predicted octanol–water partition coefficient (Wildman–Crippen LogP) is 2.85. The molecule has 170 valence electrons. The molecule has 0 atom stereocenters. The number of pyridine rings is 1. The van der Waals surface area contributed by atoms with E-state index in [1.165, 1.54) is 0 Å². The first kappa shape index (κ1) is 23.5. The SMILES string of the molecule is CCc1c(C(=O)NCCCCO)n(C)c2cc(CC)n(CC(=O)c3ccccc3)c(=O)c12. The van der Waals surface area contributed by atoms with Crippen LogP contribution in [0.15, 0.2) is 41.2 Å². The number of aromatic nitrogens is 2. The summed E-state index contributed by atoms with van der Waals surface area (Å²) in [6.45, 7) is 4.38. The number of fused-ring (bicyclic) bond motifs is 1. The minimum absolute atomic E-state index is 0.0390. The number of nitrogens with zero attached hydrogens (tertiary/aromatic N) is 2. The number of amides is 1. The van der Waals surface area contributed by atoms with Gasteiger partial charge in [0, 0.05) is 31.5 Å². The van der Waals surface area contributed by atoms with Crippen molar-refractivity contribution in [3.05, 3.63) is 69.3 Å². The van der Waals surface area contributed by atoms with E-state index in [0.717, 1.165) is 5.69 Å². The smallest absolute Gasteiger partial charge is 0.268 e. The van der Waals surface area contributed by atoms with Gasteiger partial charge in [-0.2, -0.15) is 0 Å². The van der Waals surface area contributed by atoms with Crippen molar-refractivity contribution in [1.29, 1.82) is 0 Å². The number of unbranched alkanes of at least 4 members (excludes halogenated alkanes) is 1. The fraction of sp³-hybridized carbons (Fsp3) is 0.400. The first-order valence-corrected chi connectivity index (χ1v) is 11.2. The number of rotatable bonds is 10. The number of aliphatic hydroxyl groups is 1. The van der Waals surface area contributed by atoms with Crippen LogP contribution in [0.1, 0.15) is 58.8 Å². The quantitative estimate of drug-likeness (QED) is 0.377. The van der Waals surface area contributed by atoms with Crippen molar-refractivity contribution in [3.8, 4) is 0 Å². The second-order valence-corrected chi connectivity index (χ2v) is 7.86. The normalized spacial score (nSPS) is 11.1. The third-order valence-electron chi connectivity index (χ3n) is 5.85. The van der Waals surface area contributed by atoms with Gasteiger partial charge in [-0.1, -0.05) is 44.2 Å². The summed E-state index contributed by atoms with van der Waals surface area (Å²) in [6.07, 6.45) is 2.41. The molecule has 2 N–H and O–H groups in total. The van der Waals surface area contributed by atoms with Crippen molar-refractivity contribution >= 4 is 22.6 Å². The number of aliphatic hydroxyl groups excluding tert-OH is 1.